The van der Waals surface area contributed by atoms with E-state index in [4.69, 9.17) is 15.3 Å². The highest BCUT2D eigenvalue weighted by Crippen LogP contribution is 2.33. The van der Waals surface area contributed by atoms with Gasteiger partial charge in [-0.25, -0.2) is 9.59 Å². The molecule has 0 bridgehead atoms. The molecule has 1 unspecified atom stereocenters. The minimum Gasteiger partial charge on any atom is -0.478 e. The molecule has 0 fully saturated rings. The second-order valence-electron chi connectivity index (χ2n) is 6.16. The fraction of sp³-hybridized carbons (Fsp3) is 0.300. The van der Waals surface area contributed by atoms with Crippen LogP contribution in [0.1, 0.15) is 19.4 Å². The minimum atomic E-state index is -1.12. The lowest BCUT2D eigenvalue weighted by Gasteiger charge is -2.29. The van der Waals surface area contributed by atoms with Crippen molar-refractivity contribution in [1.29, 1.82) is 10.5 Å². The van der Waals surface area contributed by atoms with E-state index in [1.165, 1.54) is 0 Å². The van der Waals surface area contributed by atoms with Crippen molar-refractivity contribution in [2.24, 2.45) is 11.8 Å². The van der Waals surface area contributed by atoms with Crippen molar-refractivity contribution < 1.29 is 19.4 Å². The van der Waals surface area contributed by atoms with E-state index in [1.807, 2.05) is 30.3 Å². The third kappa shape index (κ3) is 4.53. The Kier molecular flexibility index (Phi) is 6.35. The Bertz CT molecular complexity index is 874. The van der Waals surface area contributed by atoms with Crippen molar-refractivity contribution in [2.75, 3.05) is 6.61 Å². The van der Waals surface area contributed by atoms with E-state index in [0.717, 1.165) is 5.56 Å². The monoisotopic (exact) mass is 365 g/mol. The number of aliphatic carboxylic acids is 1. The topological polar surface area (TPSA) is 123 Å². The number of ether oxygens (including phenoxy) is 1. The number of nitrogens with zero attached hydrogens (tertiary/aromatic N) is 2. The smallest absolute Gasteiger partial charge is 0.336 e. The molecule has 0 aliphatic carbocycles. The van der Waals surface area contributed by atoms with Gasteiger partial charge in [0.2, 0.25) is 0 Å². The number of rotatable bonds is 6. The molecule has 2 rings (SSSR count). The molecule has 1 atom stereocenters. The van der Waals surface area contributed by atoms with Gasteiger partial charge in [-0.15, -0.1) is 0 Å². The summed E-state index contributed by atoms with van der Waals surface area (Å²) in [6, 6.07) is 12.7. The molecule has 0 aromatic heterocycles. The number of allylic oxidation sites excluding steroid dienone is 2. The zero-order valence-corrected chi connectivity index (χ0v) is 15.0. The number of esters is 1. The van der Waals surface area contributed by atoms with Crippen molar-refractivity contribution in [2.45, 2.75) is 20.3 Å². The quantitative estimate of drug-likeness (QED) is 0.741. The van der Waals surface area contributed by atoms with Crippen molar-refractivity contribution in [1.82, 2.24) is 5.32 Å². The molecule has 1 aliphatic heterocycles. The molecule has 27 heavy (non-hydrogen) atoms. The van der Waals surface area contributed by atoms with Gasteiger partial charge < -0.3 is 15.2 Å². The first kappa shape index (κ1) is 19.7. The van der Waals surface area contributed by atoms with E-state index in [1.54, 1.807) is 26.0 Å². The highest BCUT2D eigenvalue weighted by atomic mass is 16.5. The first-order valence-electron chi connectivity index (χ1n) is 8.31. The van der Waals surface area contributed by atoms with Crippen LogP contribution in [-0.2, 0) is 20.7 Å². The zero-order valence-electron chi connectivity index (χ0n) is 15.0. The number of dihydropyridines is 1. The molecular weight excluding hydrogens is 346 g/mol. The maximum atomic E-state index is 12.7. The van der Waals surface area contributed by atoms with Gasteiger partial charge in [0, 0.05) is 17.3 Å². The van der Waals surface area contributed by atoms with Gasteiger partial charge >= 0.3 is 11.9 Å². The van der Waals surface area contributed by atoms with Crippen LogP contribution in [0.5, 0.6) is 0 Å². The van der Waals surface area contributed by atoms with Crippen LogP contribution in [0.15, 0.2) is 52.9 Å². The Morgan fingerprint density at radius 2 is 1.74 bits per heavy atom. The Labute approximate surface area is 157 Å². The van der Waals surface area contributed by atoms with Crippen LogP contribution in [0.2, 0.25) is 0 Å². The fourth-order valence-corrected chi connectivity index (χ4v) is 3.08. The summed E-state index contributed by atoms with van der Waals surface area (Å²) < 4.78 is 5.13. The molecule has 1 aromatic carbocycles. The van der Waals surface area contributed by atoms with Gasteiger partial charge in [0.15, 0.2) is 5.92 Å². The molecule has 1 aliphatic rings. The molecule has 0 spiro atoms. The second-order valence-corrected chi connectivity index (χ2v) is 6.16. The number of nitriles is 2. The third-order valence-corrected chi connectivity index (χ3v) is 4.31. The maximum Gasteiger partial charge on any atom is 0.336 e. The molecule has 7 nitrogen and oxygen atoms in total. The van der Waals surface area contributed by atoms with E-state index in [0.29, 0.717) is 17.8 Å². The average Bonchev–Trinajstić information content (AvgIpc) is 2.62. The van der Waals surface area contributed by atoms with Gasteiger partial charge in [-0.3, -0.25) is 0 Å². The van der Waals surface area contributed by atoms with Crippen LogP contribution >= 0.6 is 0 Å². The summed E-state index contributed by atoms with van der Waals surface area (Å²) in [7, 11) is 0. The standard InChI is InChI=1S/C20H19N3O4/c1-12-17(19(24)25)16(8-14-6-4-3-5-7-14)18(13(2)23-12)20(26)27-11-15(9-21)10-22/h3-7,15-16,23H,8,11H2,1-2H3,(H,24,25). The summed E-state index contributed by atoms with van der Waals surface area (Å²) in [5.41, 5.74) is 2.12. The van der Waals surface area contributed by atoms with Gasteiger partial charge in [0.05, 0.1) is 23.3 Å². The minimum absolute atomic E-state index is 0.0912. The highest BCUT2D eigenvalue weighted by molar-refractivity contribution is 5.97. The average molecular weight is 365 g/mol. The largest absolute Gasteiger partial charge is 0.478 e. The molecule has 0 amide bonds. The number of hydrogen-bond acceptors (Lipinski definition) is 6. The molecule has 7 heteroatoms. The number of carbonyl (C=O) groups excluding carboxylic acids is 1. The second kappa shape index (κ2) is 8.68. The Balaban J connectivity index is 2.38. The lowest BCUT2D eigenvalue weighted by molar-refractivity contribution is -0.140. The van der Waals surface area contributed by atoms with Crippen molar-refractivity contribution in [3.05, 3.63) is 58.4 Å². The Morgan fingerprint density at radius 3 is 2.30 bits per heavy atom. The van der Waals surface area contributed by atoms with Crippen LogP contribution in [0.25, 0.3) is 0 Å². The predicted octanol–water partition coefficient (Wildman–Crippen LogP) is 2.29. The molecule has 0 saturated heterocycles. The predicted molar refractivity (Wildman–Crippen MR) is 95.5 cm³/mol. The van der Waals surface area contributed by atoms with Crippen LogP contribution in [0, 0.1) is 34.5 Å². The molecule has 1 aromatic rings. The first-order valence-corrected chi connectivity index (χ1v) is 8.31. The summed E-state index contributed by atoms with van der Waals surface area (Å²) in [4.78, 5) is 24.5. The fourth-order valence-electron chi connectivity index (χ4n) is 3.08. The molecule has 0 radical (unpaired) electrons. The van der Waals surface area contributed by atoms with E-state index in [9.17, 15) is 14.7 Å². The number of hydrogen-bond donors (Lipinski definition) is 2. The molecule has 138 valence electrons. The van der Waals surface area contributed by atoms with Crippen LogP contribution in [0.4, 0.5) is 0 Å². The first-order chi connectivity index (χ1) is 12.9. The molecule has 2 N–H and O–H groups in total. The van der Waals surface area contributed by atoms with Gasteiger partial charge in [-0.2, -0.15) is 10.5 Å². The molecular formula is C20H19N3O4. The van der Waals surface area contributed by atoms with Gasteiger partial charge in [-0.1, -0.05) is 30.3 Å². The SMILES string of the molecule is CC1=C(C(=O)O)C(Cc2ccccc2)C(C(=O)OCC(C#N)C#N)=C(C)N1. The Morgan fingerprint density at radius 1 is 1.15 bits per heavy atom. The summed E-state index contributed by atoms with van der Waals surface area (Å²) >= 11 is 0. The number of benzene rings is 1. The highest BCUT2D eigenvalue weighted by Gasteiger charge is 2.36. The van der Waals surface area contributed by atoms with Crippen molar-refractivity contribution in [3.63, 3.8) is 0 Å². The zero-order chi connectivity index (χ0) is 20.0. The summed E-state index contributed by atoms with van der Waals surface area (Å²) in [5.74, 6) is -3.63. The number of carboxylic acids is 1. The van der Waals surface area contributed by atoms with Crippen LogP contribution < -0.4 is 5.32 Å². The van der Waals surface area contributed by atoms with Crippen molar-refractivity contribution >= 4 is 11.9 Å². The van der Waals surface area contributed by atoms with E-state index >= 15 is 0 Å². The van der Waals surface area contributed by atoms with Crippen LogP contribution in [0.3, 0.4) is 0 Å². The molecule has 1 heterocycles. The van der Waals surface area contributed by atoms with Gasteiger partial charge in [-0.05, 0) is 25.8 Å². The van der Waals surface area contributed by atoms with E-state index in [-0.39, 0.29) is 17.8 Å². The van der Waals surface area contributed by atoms with Gasteiger partial charge in [0.25, 0.3) is 0 Å². The van der Waals surface area contributed by atoms with Gasteiger partial charge in [0.1, 0.15) is 6.61 Å². The number of carbonyl (C=O) groups is 2. The third-order valence-electron chi connectivity index (χ3n) is 4.31. The lowest BCUT2D eigenvalue weighted by atomic mass is 9.81. The lowest BCUT2D eigenvalue weighted by Crippen LogP contribution is -2.34. The van der Waals surface area contributed by atoms with Crippen molar-refractivity contribution in [3.8, 4) is 12.1 Å². The van der Waals surface area contributed by atoms with E-state index in [2.05, 4.69) is 5.32 Å². The summed E-state index contributed by atoms with van der Waals surface area (Å²) in [6.07, 6.45) is 0.309. The normalized spacial score (nSPS) is 16.4. The Hall–Kier alpha value is -3.58. The van der Waals surface area contributed by atoms with Crippen LogP contribution in [-0.4, -0.2) is 23.7 Å². The van der Waals surface area contributed by atoms with E-state index < -0.39 is 23.8 Å². The number of carboxylic acid groups (broad SMARTS) is 1. The number of nitrogens with one attached hydrogen (secondary N) is 1. The summed E-state index contributed by atoms with van der Waals surface area (Å²) in [5, 5.41) is 30.2. The summed E-state index contributed by atoms with van der Waals surface area (Å²) in [6.45, 7) is 2.95. The molecule has 0 saturated carbocycles. The maximum absolute atomic E-state index is 12.7.